The largest absolute Gasteiger partial charge is 0.372 e. The highest BCUT2D eigenvalue weighted by atomic mass is 19.1. The molecule has 20 heavy (non-hydrogen) atoms. The molecule has 0 saturated heterocycles. The average molecular weight is 271 g/mol. The molecule has 3 rings (SSSR count). The van der Waals surface area contributed by atoms with E-state index in [4.69, 9.17) is 0 Å². The Balaban J connectivity index is 2.12. The predicted octanol–water partition coefficient (Wildman–Crippen LogP) is 2.68. The maximum Gasteiger partial charge on any atom is 0.180 e. The van der Waals surface area contributed by atoms with Gasteiger partial charge in [0.1, 0.15) is 11.6 Å². The standard InChI is InChI=1S/C14H14FN5/c1-16-12-9-20-8-7-17-13(20)14(18-12)19(2)11-5-3-10(15)4-6-11/h3-9,16H,1-2H3. The third-order valence-corrected chi connectivity index (χ3v) is 3.14. The molecule has 0 aliphatic carbocycles. The molecular formula is C14H14FN5. The van der Waals surface area contributed by atoms with Crippen molar-refractivity contribution in [2.45, 2.75) is 0 Å². The molecule has 0 spiro atoms. The van der Waals surface area contributed by atoms with Gasteiger partial charge in [-0.25, -0.2) is 14.4 Å². The highest BCUT2D eigenvalue weighted by molar-refractivity contribution is 5.73. The number of halogens is 1. The number of rotatable bonds is 3. The van der Waals surface area contributed by atoms with Crippen molar-refractivity contribution in [2.24, 2.45) is 0 Å². The Morgan fingerprint density at radius 2 is 2.00 bits per heavy atom. The Labute approximate surface area is 115 Å². The van der Waals surface area contributed by atoms with Crippen molar-refractivity contribution < 1.29 is 4.39 Å². The zero-order valence-corrected chi connectivity index (χ0v) is 11.2. The summed E-state index contributed by atoms with van der Waals surface area (Å²) < 4.78 is 14.9. The molecule has 0 radical (unpaired) electrons. The maximum absolute atomic E-state index is 13.0. The van der Waals surface area contributed by atoms with E-state index in [1.54, 1.807) is 18.3 Å². The quantitative estimate of drug-likeness (QED) is 0.795. The first-order chi connectivity index (χ1) is 9.69. The molecule has 0 aliphatic rings. The molecule has 0 atom stereocenters. The number of fused-ring (bicyclic) bond motifs is 1. The van der Waals surface area contributed by atoms with Crippen LogP contribution in [0.25, 0.3) is 5.65 Å². The Kier molecular flexibility index (Phi) is 2.98. The summed E-state index contributed by atoms with van der Waals surface area (Å²) >= 11 is 0. The van der Waals surface area contributed by atoms with E-state index in [1.807, 2.05) is 35.8 Å². The molecule has 0 fully saturated rings. The van der Waals surface area contributed by atoms with E-state index in [-0.39, 0.29) is 5.82 Å². The predicted molar refractivity (Wildman–Crippen MR) is 77.0 cm³/mol. The van der Waals surface area contributed by atoms with E-state index in [0.29, 0.717) is 5.82 Å². The van der Waals surface area contributed by atoms with Crippen LogP contribution in [0, 0.1) is 5.82 Å². The Hall–Kier alpha value is -2.63. The minimum atomic E-state index is -0.259. The van der Waals surface area contributed by atoms with Gasteiger partial charge in [0.15, 0.2) is 11.5 Å². The van der Waals surface area contributed by atoms with Crippen LogP contribution in [0.2, 0.25) is 0 Å². The number of aromatic nitrogens is 3. The lowest BCUT2D eigenvalue weighted by Gasteiger charge is -2.19. The first-order valence-corrected chi connectivity index (χ1v) is 6.20. The third-order valence-electron chi connectivity index (χ3n) is 3.14. The molecule has 0 saturated carbocycles. The van der Waals surface area contributed by atoms with Gasteiger partial charge in [-0.2, -0.15) is 0 Å². The second kappa shape index (κ2) is 4.80. The molecule has 1 aromatic carbocycles. The molecular weight excluding hydrogens is 257 g/mol. The summed E-state index contributed by atoms with van der Waals surface area (Å²) in [4.78, 5) is 10.7. The Morgan fingerprint density at radius 3 is 2.70 bits per heavy atom. The van der Waals surface area contributed by atoms with Crippen LogP contribution in [-0.4, -0.2) is 28.5 Å². The van der Waals surface area contributed by atoms with Gasteiger partial charge in [0, 0.05) is 32.2 Å². The third kappa shape index (κ3) is 2.05. The number of nitrogens with one attached hydrogen (secondary N) is 1. The Morgan fingerprint density at radius 1 is 1.25 bits per heavy atom. The van der Waals surface area contributed by atoms with Gasteiger partial charge in [-0.15, -0.1) is 0 Å². The van der Waals surface area contributed by atoms with Gasteiger partial charge in [0.2, 0.25) is 0 Å². The fraction of sp³-hybridized carbons (Fsp3) is 0.143. The lowest BCUT2D eigenvalue weighted by Crippen LogP contribution is -2.14. The normalized spacial score (nSPS) is 10.8. The van der Waals surface area contributed by atoms with Crippen LogP contribution < -0.4 is 10.2 Å². The van der Waals surface area contributed by atoms with Crippen LogP contribution in [0.1, 0.15) is 0 Å². The molecule has 1 N–H and O–H groups in total. The summed E-state index contributed by atoms with van der Waals surface area (Å²) in [5, 5.41) is 3.02. The maximum atomic E-state index is 13.0. The van der Waals surface area contributed by atoms with Gasteiger partial charge < -0.3 is 14.6 Å². The topological polar surface area (TPSA) is 45.5 Å². The lowest BCUT2D eigenvalue weighted by molar-refractivity contribution is 0.628. The molecule has 2 heterocycles. The zero-order valence-electron chi connectivity index (χ0n) is 11.2. The molecule has 2 aromatic heterocycles. The average Bonchev–Trinajstić information content (AvgIpc) is 2.94. The molecule has 0 bridgehead atoms. The lowest BCUT2D eigenvalue weighted by atomic mass is 10.3. The van der Waals surface area contributed by atoms with E-state index in [1.165, 1.54) is 12.1 Å². The summed E-state index contributed by atoms with van der Waals surface area (Å²) in [6.07, 6.45) is 5.45. The van der Waals surface area contributed by atoms with Crippen LogP contribution in [0.5, 0.6) is 0 Å². The van der Waals surface area contributed by atoms with Gasteiger partial charge in [0.25, 0.3) is 0 Å². The van der Waals surface area contributed by atoms with Crippen molar-refractivity contribution in [3.63, 3.8) is 0 Å². The number of hydrogen-bond donors (Lipinski definition) is 1. The van der Waals surface area contributed by atoms with Crippen LogP contribution >= 0.6 is 0 Å². The van der Waals surface area contributed by atoms with Crippen LogP contribution in [0.15, 0.2) is 42.9 Å². The first kappa shape index (κ1) is 12.4. The van der Waals surface area contributed by atoms with Crippen molar-refractivity contribution in [1.29, 1.82) is 0 Å². The molecule has 0 aliphatic heterocycles. The van der Waals surface area contributed by atoms with Crippen molar-refractivity contribution in [3.05, 3.63) is 48.7 Å². The van der Waals surface area contributed by atoms with Crippen LogP contribution in [0.4, 0.5) is 21.7 Å². The molecule has 5 nitrogen and oxygen atoms in total. The molecule has 3 aromatic rings. The number of hydrogen-bond acceptors (Lipinski definition) is 4. The van der Waals surface area contributed by atoms with E-state index < -0.39 is 0 Å². The fourth-order valence-electron chi connectivity index (χ4n) is 2.05. The van der Waals surface area contributed by atoms with Gasteiger partial charge >= 0.3 is 0 Å². The fourth-order valence-corrected chi connectivity index (χ4v) is 2.05. The minimum absolute atomic E-state index is 0.259. The van der Waals surface area contributed by atoms with Crippen molar-refractivity contribution in [1.82, 2.24) is 14.4 Å². The van der Waals surface area contributed by atoms with Gasteiger partial charge in [-0.1, -0.05) is 0 Å². The van der Waals surface area contributed by atoms with E-state index in [0.717, 1.165) is 17.2 Å². The summed E-state index contributed by atoms with van der Waals surface area (Å²) in [6, 6.07) is 6.28. The molecule has 0 unspecified atom stereocenters. The summed E-state index contributed by atoms with van der Waals surface area (Å²) in [5.74, 6) is 1.18. The number of benzene rings is 1. The first-order valence-electron chi connectivity index (χ1n) is 6.20. The second-order valence-electron chi connectivity index (χ2n) is 4.39. The number of nitrogens with zero attached hydrogens (tertiary/aromatic N) is 4. The van der Waals surface area contributed by atoms with Crippen LogP contribution in [0.3, 0.4) is 0 Å². The minimum Gasteiger partial charge on any atom is -0.372 e. The van der Waals surface area contributed by atoms with Crippen molar-refractivity contribution >= 4 is 23.0 Å². The highest BCUT2D eigenvalue weighted by Crippen LogP contribution is 2.26. The van der Waals surface area contributed by atoms with Gasteiger partial charge in [-0.05, 0) is 24.3 Å². The highest BCUT2D eigenvalue weighted by Gasteiger charge is 2.13. The molecule has 6 heteroatoms. The summed E-state index contributed by atoms with van der Waals surface area (Å²) in [7, 11) is 3.69. The van der Waals surface area contributed by atoms with E-state index in [2.05, 4.69) is 15.3 Å². The smallest absolute Gasteiger partial charge is 0.180 e. The summed E-state index contributed by atoms with van der Waals surface area (Å²) in [6.45, 7) is 0. The van der Waals surface area contributed by atoms with Crippen molar-refractivity contribution in [2.75, 3.05) is 24.3 Å². The van der Waals surface area contributed by atoms with Gasteiger partial charge in [-0.3, -0.25) is 0 Å². The SMILES string of the molecule is CNc1cn2ccnc2c(N(C)c2ccc(F)cc2)n1. The monoisotopic (exact) mass is 271 g/mol. The zero-order chi connectivity index (χ0) is 14.1. The van der Waals surface area contributed by atoms with Crippen LogP contribution in [-0.2, 0) is 0 Å². The van der Waals surface area contributed by atoms with Gasteiger partial charge in [0.05, 0.1) is 6.20 Å². The Bertz CT molecular complexity index is 735. The number of anilines is 3. The molecule has 102 valence electrons. The van der Waals surface area contributed by atoms with E-state index in [9.17, 15) is 4.39 Å². The molecule has 0 amide bonds. The van der Waals surface area contributed by atoms with Crippen molar-refractivity contribution in [3.8, 4) is 0 Å². The second-order valence-corrected chi connectivity index (χ2v) is 4.39. The van der Waals surface area contributed by atoms with E-state index >= 15 is 0 Å². The summed E-state index contributed by atoms with van der Waals surface area (Å²) in [5.41, 5.74) is 1.59. The number of imidazole rings is 1.